The zero-order chi connectivity index (χ0) is 7.56. The summed E-state index contributed by atoms with van der Waals surface area (Å²) in [5, 5.41) is 2.41. The van der Waals surface area contributed by atoms with Crippen molar-refractivity contribution in [3.8, 4) is 0 Å². The van der Waals surface area contributed by atoms with Gasteiger partial charge in [-0.05, 0) is 6.92 Å². The minimum Gasteiger partial charge on any atom is -0.461 e. The van der Waals surface area contributed by atoms with E-state index in [9.17, 15) is 9.59 Å². The Bertz CT molecular complexity index is 148. The van der Waals surface area contributed by atoms with Crippen LogP contribution in [0.15, 0.2) is 0 Å². The molecule has 0 aromatic rings. The molecule has 0 unspecified atom stereocenters. The van der Waals surface area contributed by atoms with Crippen molar-refractivity contribution in [2.75, 3.05) is 6.54 Å². The van der Waals surface area contributed by atoms with Gasteiger partial charge in [0, 0.05) is 0 Å². The highest BCUT2D eigenvalue weighted by molar-refractivity contribution is 5.84. The number of nitrogens with one attached hydrogen (secondary N) is 1. The molecule has 4 nitrogen and oxygen atoms in total. The van der Waals surface area contributed by atoms with Crippen LogP contribution in [0.25, 0.3) is 0 Å². The van der Waals surface area contributed by atoms with E-state index in [0.29, 0.717) is 0 Å². The number of hydrogen-bond acceptors (Lipinski definition) is 3. The molecule has 1 saturated heterocycles. The van der Waals surface area contributed by atoms with Gasteiger partial charge in [0.25, 0.3) is 0 Å². The van der Waals surface area contributed by atoms with Crippen molar-refractivity contribution in [2.45, 2.75) is 19.4 Å². The molecule has 10 heavy (non-hydrogen) atoms. The standard InChI is InChI=1S/C6H9NO3/c1-4-2-5(8)7-3-6(9)10-4/h4H,2-3H2,1H3,(H,7,8)/t4-/m1/s1. The Morgan fingerprint density at radius 3 is 3.00 bits per heavy atom. The quantitative estimate of drug-likeness (QED) is 0.462. The number of carbonyl (C=O) groups excluding carboxylic acids is 2. The van der Waals surface area contributed by atoms with Crippen molar-refractivity contribution in [2.24, 2.45) is 0 Å². The normalized spacial score (nSPS) is 26.7. The van der Waals surface area contributed by atoms with Crippen LogP contribution >= 0.6 is 0 Å². The van der Waals surface area contributed by atoms with Crippen molar-refractivity contribution in [3.63, 3.8) is 0 Å². The number of rotatable bonds is 0. The SMILES string of the molecule is C[C@@H]1CC(=O)NCC(=O)O1. The maximum atomic E-state index is 10.7. The van der Waals surface area contributed by atoms with Crippen molar-refractivity contribution >= 4 is 11.9 Å². The third kappa shape index (κ3) is 1.72. The zero-order valence-corrected chi connectivity index (χ0v) is 5.72. The third-order valence-corrected chi connectivity index (χ3v) is 1.24. The lowest BCUT2D eigenvalue weighted by Gasteiger charge is -2.04. The van der Waals surface area contributed by atoms with Gasteiger partial charge in [0.15, 0.2) is 0 Å². The van der Waals surface area contributed by atoms with Crippen LogP contribution < -0.4 is 5.32 Å². The van der Waals surface area contributed by atoms with Gasteiger partial charge < -0.3 is 10.1 Å². The van der Waals surface area contributed by atoms with E-state index in [0.717, 1.165) is 0 Å². The Morgan fingerprint density at radius 1 is 1.60 bits per heavy atom. The molecular weight excluding hydrogens is 134 g/mol. The molecule has 1 heterocycles. The van der Waals surface area contributed by atoms with Crippen molar-refractivity contribution in [3.05, 3.63) is 0 Å². The summed E-state index contributed by atoms with van der Waals surface area (Å²) in [5.41, 5.74) is 0. The summed E-state index contributed by atoms with van der Waals surface area (Å²) in [6.45, 7) is 1.70. The molecule has 4 heteroatoms. The molecule has 0 aliphatic carbocycles. The Morgan fingerprint density at radius 2 is 2.30 bits per heavy atom. The smallest absolute Gasteiger partial charge is 0.325 e. The molecule has 1 aliphatic rings. The predicted octanol–water partition coefficient (Wildman–Crippen LogP) is -0.562. The minimum atomic E-state index is -0.363. The lowest BCUT2D eigenvalue weighted by Crippen LogP contribution is -2.25. The van der Waals surface area contributed by atoms with Gasteiger partial charge in [-0.25, -0.2) is 0 Å². The molecule has 1 rings (SSSR count). The molecule has 1 fully saturated rings. The maximum Gasteiger partial charge on any atom is 0.325 e. The molecule has 0 radical (unpaired) electrons. The van der Waals surface area contributed by atoms with Crippen LogP contribution in [0.1, 0.15) is 13.3 Å². The summed E-state index contributed by atoms with van der Waals surface area (Å²) in [6.07, 6.45) is -0.0128. The van der Waals surface area contributed by atoms with Gasteiger partial charge in [-0.15, -0.1) is 0 Å². The first-order chi connectivity index (χ1) is 4.68. The van der Waals surface area contributed by atoms with Crippen LogP contribution in [0.2, 0.25) is 0 Å². The number of ether oxygens (including phenoxy) is 1. The second-order valence-electron chi connectivity index (χ2n) is 2.28. The van der Waals surface area contributed by atoms with E-state index in [2.05, 4.69) is 5.32 Å². The molecule has 1 N–H and O–H groups in total. The van der Waals surface area contributed by atoms with Gasteiger partial charge in [0.1, 0.15) is 12.6 Å². The highest BCUT2D eigenvalue weighted by Crippen LogP contribution is 2.00. The predicted molar refractivity (Wildman–Crippen MR) is 33.2 cm³/mol. The van der Waals surface area contributed by atoms with Crippen molar-refractivity contribution in [1.29, 1.82) is 0 Å². The fourth-order valence-electron chi connectivity index (χ4n) is 0.812. The van der Waals surface area contributed by atoms with Gasteiger partial charge >= 0.3 is 5.97 Å². The lowest BCUT2D eigenvalue weighted by molar-refractivity contribution is -0.145. The Labute approximate surface area is 58.5 Å². The van der Waals surface area contributed by atoms with E-state index in [-0.39, 0.29) is 30.9 Å². The van der Waals surface area contributed by atoms with Gasteiger partial charge in [0.2, 0.25) is 5.91 Å². The number of amides is 1. The van der Waals surface area contributed by atoms with Gasteiger partial charge in [0.05, 0.1) is 6.42 Å². The maximum absolute atomic E-state index is 10.7. The van der Waals surface area contributed by atoms with E-state index in [1.165, 1.54) is 0 Å². The van der Waals surface area contributed by atoms with Crippen LogP contribution in [0.3, 0.4) is 0 Å². The Kier molecular flexibility index (Phi) is 1.89. The van der Waals surface area contributed by atoms with Gasteiger partial charge in [-0.3, -0.25) is 9.59 Å². The first-order valence-corrected chi connectivity index (χ1v) is 3.14. The highest BCUT2D eigenvalue weighted by atomic mass is 16.5. The first kappa shape index (κ1) is 7.05. The first-order valence-electron chi connectivity index (χ1n) is 3.14. The molecule has 1 atom stereocenters. The summed E-state index contributed by atoms with van der Waals surface area (Å²) in [7, 11) is 0. The molecule has 0 saturated carbocycles. The molecule has 0 aromatic carbocycles. The molecule has 1 amide bonds. The second-order valence-corrected chi connectivity index (χ2v) is 2.28. The number of esters is 1. The number of cyclic esters (lactones) is 1. The van der Waals surface area contributed by atoms with Gasteiger partial charge in [-0.1, -0.05) is 0 Å². The van der Waals surface area contributed by atoms with E-state index in [4.69, 9.17) is 4.74 Å². The second kappa shape index (κ2) is 2.68. The summed E-state index contributed by atoms with van der Waals surface area (Å²) in [6, 6.07) is 0. The zero-order valence-electron chi connectivity index (χ0n) is 5.72. The molecular formula is C6H9NO3. The topological polar surface area (TPSA) is 55.4 Å². The van der Waals surface area contributed by atoms with E-state index < -0.39 is 0 Å². The van der Waals surface area contributed by atoms with Crippen molar-refractivity contribution in [1.82, 2.24) is 5.32 Å². The van der Waals surface area contributed by atoms with E-state index in [1.807, 2.05) is 0 Å². The van der Waals surface area contributed by atoms with Crippen molar-refractivity contribution < 1.29 is 14.3 Å². The van der Waals surface area contributed by atoms with Crippen LogP contribution in [0.4, 0.5) is 0 Å². The van der Waals surface area contributed by atoms with E-state index in [1.54, 1.807) is 6.92 Å². The lowest BCUT2D eigenvalue weighted by atomic mass is 10.3. The summed E-state index contributed by atoms with van der Waals surface area (Å²) in [4.78, 5) is 21.3. The van der Waals surface area contributed by atoms with Crippen LogP contribution in [-0.2, 0) is 14.3 Å². The summed E-state index contributed by atoms with van der Waals surface area (Å²) in [5.74, 6) is -0.489. The third-order valence-electron chi connectivity index (χ3n) is 1.24. The Hall–Kier alpha value is -1.06. The number of hydrogen-bond donors (Lipinski definition) is 1. The fraction of sp³-hybridized carbons (Fsp3) is 0.667. The molecule has 56 valence electrons. The van der Waals surface area contributed by atoms with Crippen LogP contribution in [0, 0.1) is 0 Å². The highest BCUT2D eigenvalue weighted by Gasteiger charge is 2.18. The molecule has 1 aliphatic heterocycles. The van der Waals surface area contributed by atoms with Crippen LogP contribution in [-0.4, -0.2) is 24.5 Å². The average Bonchev–Trinajstić information content (AvgIpc) is 1.93. The molecule has 0 spiro atoms. The summed E-state index contributed by atoms with van der Waals surface area (Å²) < 4.78 is 4.76. The van der Waals surface area contributed by atoms with E-state index >= 15 is 0 Å². The summed E-state index contributed by atoms with van der Waals surface area (Å²) >= 11 is 0. The molecule has 0 aromatic heterocycles. The monoisotopic (exact) mass is 143 g/mol. The largest absolute Gasteiger partial charge is 0.461 e. The fourth-order valence-corrected chi connectivity index (χ4v) is 0.812. The Balaban J connectivity index is 2.54. The number of carbonyl (C=O) groups is 2. The minimum absolute atomic E-state index is 0.00315. The van der Waals surface area contributed by atoms with Crippen LogP contribution in [0.5, 0.6) is 0 Å². The molecule has 0 bridgehead atoms. The van der Waals surface area contributed by atoms with Gasteiger partial charge in [-0.2, -0.15) is 0 Å². The average molecular weight is 143 g/mol.